The Morgan fingerprint density at radius 2 is 1.76 bits per heavy atom. The number of amides is 2. The SMILES string of the molecule is COc1ccc(N2C(=O)/C(=C/c3cccn3-c3cccc(C)c3C)C(=O)NC2=S)c(OC)c1. The van der Waals surface area contributed by atoms with Crippen LogP contribution in [0.3, 0.4) is 0 Å². The van der Waals surface area contributed by atoms with Crippen LogP contribution in [0.25, 0.3) is 11.8 Å². The van der Waals surface area contributed by atoms with Gasteiger partial charge in [0.2, 0.25) is 0 Å². The van der Waals surface area contributed by atoms with Crippen LogP contribution in [0.15, 0.2) is 60.3 Å². The molecule has 1 fully saturated rings. The Labute approximate surface area is 197 Å². The number of ether oxygens (including phenoxy) is 2. The molecule has 4 rings (SSSR count). The third kappa shape index (κ3) is 4.01. The second-order valence-electron chi connectivity index (χ2n) is 7.52. The van der Waals surface area contributed by atoms with Crippen LogP contribution in [-0.2, 0) is 9.59 Å². The summed E-state index contributed by atoms with van der Waals surface area (Å²) in [6.07, 6.45) is 3.47. The summed E-state index contributed by atoms with van der Waals surface area (Å²) in [4.78, 5) is 27.5. The molecule has 0 atom stereocenters. The third-order valence-electron chi connectivity index (χ3n) is 5.64. The Balaban J connectivity index is 1.78. The van der Waals surface area contributed by atoms with E-state index in [-0.39, 0.29) is 10.7 Å². The highest BCUT2D eigenvalue weighted by Crippen LogP contribution is 2.34. The molecule has 0 bridgehead atoms. The number of hydrogen-bond acceptors (Lipinski definition) is 5. The highest BCUT2D eigenvalue weighted by molar-refractivity contribution is 7.80. The first-order chi connectivity index (χ1) is 15.8. The molecule has 0 spiro atoms. The van der Waals surface area contributed by atoms with Gasteiger partial charge in [0.1, 0.15) is 17.1 Å². The Morgan fingerprint density at radius 3 is 2.48 bits per heavy atom. The molecule has 2 aromatic carbocycles. The van der Waals surface area contributed by atoms with Crippen molar-refractivity contribution in [2.45, 2.75) is 13.8 Å². The van der Waals surface area contributed by atoms with Crippen LogP contribution >= 0.6 is 12.2 Å². The molecule has 2 amide bonds. The van der Waals surface area contributed by atoms with Gasteiger partial charge in [-0.15, -0.1) is 0 Å². The van der Waals surface area contributed by atoms with Gasteiger partial charge in [0.05, 0.1) is 19.9 Å². The van der Waals surface area contributed by atoms with Gasteiger partial charge in [0.25, 0.3) is 11.8 Å². The van der Waals surface area contributed by atoms with Crippen LogP contribution < -0.4 is 19.7 Å². The lowest BCUT2D eigenvalue weighted by Crippen LogP contribution is -2.54. The fourth-order valence-electron chi connectivity index (χ4n) is 3.72. The topological polar surface area (TPSA) is 72.8 Å². The summed E-state index contributed by atoms with van der Waals surface area (Å²) in [5.74, 6) is -0.139. The molecular formula is C25H23N3O4S. The number of rotatable bonds is 5. The number of aryl methyl sites for hydroxylation is 1. The molecule has 8 heteroatoms. The summed E-state index contributed by atoms with van der Waals surface area (Å²) in [6, 6.07) is 14.7. The van der Waals surface area contributed by atoms with Crippen molar-refractivity contribution in [3.8, 4) is 17.2 Å². The minimum Gasteiger partial charge on any atom is -0.497 e. The van der Waals surface area contributed by atoms with Crippen molar-refractivity contribution in [3.63, 3.8) is 0 Å². The van der Waals surface area contributed by atoms with Gasteiger partial charge >= 0.3 is 0 Å². The van der Waals surface area contributed by atoms with Crippen molar-refractivity contribution >= 4 is 40.9 Å². The predicted octanol–water partition coefficient (Wildman–Crippen LogP) is 3.94. The van der Waals surface area contributed by atoms with E-state index in [0.717, 1.165) is 16.8 Å². The number of methoxy groups -OCH3 is 2. The maximum absolute atomic E-state index is 13.5. The first-order valence-corrected chi connectivity index (χ1v) is 10.6. The zero-order chi connectivity index (χ0) is 23.7. The number of benzene rings is 2. The Morgan fingerprint density at radius 1 is 0.970 bits per heavy atom. The van der Waals surface area contributed by atoms with Gasteiger partial charge in [0, 0.05) is 23.6 Å². The van der Waals surface area contributed by atoms with Crippen molar-refractivity contribution in [1.29, 1.82) is 0 Å². The molecule has 1 aromatic heterocycles. The van der Waals surface area contributed by atoms with Crippen LogP contribution in [0, 0.1) is 13.8 Å². The molecule has 0 aliphatic carbocycles. The zero-order valence-electron chi connectivity index (χ0n) is 18.7. The Kier molecular flexibility index (Phi) is 6.02. The lowest BCUT2D eigenvalue weighted by atomic mass is 10.1. The minimum absolute atomic E-state index is 0.0180. The van der Waals surface area contributed by atoms with Crippen LogP contribution in [0.4, 0.5) is 5.69 Å². The summed E-state index contributed by atoms with van der Waals surface area (Å²) in [6.45, 7) is 4.08. The van der Waals surface area contributed by atoms with E-state index in [1.807, 2.05) is 54.9 Å². The van der Waals surface area contributed by atoms with Crippen molar-refractivity contribution in [1.82, 2.24) is 9.88 Å². The molecule has 0 saturated carbocycles. The lowest BCUT2D eigenvalue weighted by Gasteiger charge is -2.30. The molecule has 168 valence electrons. The first-order valence-electron chi connectivity index (χ1n) is 10.2. The largest absolute Gasteiger partial charge is 0.497 e. The summed E-state index contributed by atoms with van der Waals surface area (Å²) >= 11 is 5.32. The van der Waals surface area contributed by atoms with Gasteiger partial charge in [-0.3, -0.25) is 14.9 Å². The molecule has 0 radical (unpaired) electrons. The van der Waals surface area contributed by atoms with Crippen molar-refractivity contribution in [2.24, 2.45) is 0 Å². The quantitative estimate of drug-likeness (QED) is 0.354. The van der Waals surface area contributed by atoms with Gasteiger partial charge in [-0.2, -0.15) is 0 Å². The molecule has 1 aliphatic heterocycles. The lowest BCUT2D eigenvalue weighted by molar-refractivity contribution is -0.122. The molecule has 3 aromatic rings. The van der Waals surface area contributed by atoms with E-state index < -0.39 is 11.8 Å². The van der Waals surface area contributed by atoms with Crippen LogP contribution in [-0.4, -0.2) is 35.7 Å². The number of carbonyl (C=O) groups excluding carboxylic acids is 2. The minimum atomic E-state index is -0.553. The van der Waals surface area contributed by atoms with E-state index in [0.29, 0.717) is 22.9 Å². The van der Waals surface area contributed by atoms with E-state index in [1.165, 1.54) is 19.1 Å². The van der Waals surface area contributed by atoms with E-state index in [2.05, 4.69) is 5.32 Å². The van der Waals surface area contributed by atoms with E-state index in [4.69, 9.17) is 21.7 Å². The van der Waals surface area contributed by atoms with Crippen molar-refractivity contribution in [3.05, 3.63) is 77.1 Å². The van der Waals surface area contributed by atoms with Gasteiger partial charge in [-0.1, -0.05) is 12.1 Å². The zero-order valence-corrected chi connectivity index (χ0v) is 19.5. The second kappa shape index (κ2) is 8.91. The highest BCUT2D eigenvalue weighted by Gasteiger charge is 2.36. The number of anilines is 1. The summed E-state index contributed by atoms with van der Waals surface area (Å²) in [7, 11) is 3.03. The van der Waals surface area contributed by atoms with E-state index in [9.17, 15) is 9.59 Å². The number of aromatic nitrogens is 1. The number of carbonyl (C=O) groups is 2. The standard InChI is InChI=1S/C25H23N3O4S/c1-15-7-5-9-20(16(15)2)27-12-6-8-17(27)13-19-23(29)26-25(33)28(24(19)30)21-11-10-18(31-3)14-22(21)32-4/h5-14H,1-4H3,(H,26,29,33)/b19-13+. The maximum atomic E-state index is 13.5. The Bertz CT molecular complexity index is 1310. The monoisotopic (exact) mass is 461 g/mol. The van der Waals surface area contributed by atoms with Gasteiger partial charge in [-0.05, 0) is 73.6 Å². The Hall–Kier alpha value is -3.91. The average Bonchev–Trinajstić information content (AvgIpc) is 3.26. The molecule has 7 nitrogen and oxygen atoms in total. The fourth-order valence-corrected chi connectivity index (χ4v) is 4.00. The van der Waals surface area contributed by atoms with Crippen molar-refractivity contribution in [2.75, 3.05) is 19.1 Å². The number of thiocarbonyl (C=S) groups is 1. The normalized spacial score (nSPS) is 15.1. The predicted molar refractivity (Wildman–Crippen MR) is 131 cm³/mol. The van der Waals surface area contributed by atoms with Crippen LogP contribution in [0.1, 0.15) is 16.8 Å². The molecule has 1 N–H and O–H groups in total. The highest BCUT2D eigenvalue weighted by atomic mass is 32.1. The number of nitrogens with one attached hydrogen (secondary N) is 1. The molecule has 2 heterocycles. The van der Waals surface area contributed by atoms with Gasteiger partial charge < -0.3 is 14.0 Å². The van der Waals surface area contributed by atoms with E-state index in [1.54, 1.807) is 24.3 Å². The van der Waals surface area contributed by atoms with Crippen LogP contribution in [0.5, 0.6) is 11.5 Å². The van der Waals surface area contributed by atoms with Crippen molar-refractivity contribution < 1.29 is 19.1 Å². The van der Waals surface area contributed by atoms with Gasteiger partial charge in [-0.25, -0.2) is 4.90 Å². The van der Waals surface area contributed by atoms with Crippen LogP contribution in [0.2, 0.25) is 0 Å². The summed E-state index contributed by atoms with van der Waals surface area (Å²) in [5, 5.41) is 2.60. The first kappa shape index (κ1) is 22.3. The summed E-state index contributed by atoms with van der Waals surface area (Å²) in [5.41, 5.74) is 4.29. The summed E-state index contributed by atoms with van der Waals surface area (Å²) < 4.78 is 12.6. The maximum Gasteiger partial charge on any atom is 0.270 e. The fraction of sp³-hybridized carbons (Fsp3) is 0.160. The third-order valence-corrected chi connectivity index (χ3v) is 5.92. The molecule has 33 heavy (non-hydrogen) atoms. The average molecular weight is 462 g/mol. The second-order valence-corrected chi connectivity index (χ2v) is 7.90. The number of nitrogens with zero attached hydrogens (tertiary/aromatic N) is 2. The molecule has 1 saturated heterocycles. The van der Waals surface area contributed by atoms with E-state index >= 15 is 0 Å². The number of hydrogen-bond donors (Lipinski definition) is 1. The molecular weight excluding hydrogens is 438 g/mol. The van der Waals surface area contributed by atoms with Gasteiger partial charge in [0.15, 0.2) is 5.11 Å². The smallest absolute Gasteiger partial charge is 0.270 e. The molecule has 1 aliphatic rings. The molecule has 0 unspecified atom stereocenters.